The molecule has 0 radical (unpaired) electrons. The third-order valence-corrected chi connectivity index (χ3v) is 3.73. The van der Waals surface area contributed by atoms with Crippen molar-refractivity contribution in [2.24, 2.45) is 4.99 Å². The first-order valence-electron chi connectivity index (χ1n) is 8.15. The minimum atomic E-state index is -0.573. The molecule has 0 bridgehead atoms. The van der Waals surface area contributed by atoms with E-state index in [-0.39, 0.29) is 24.0 Å². The lowest BCUT2D eigenvalue weighted by molar-refractivity contribution is 0.572. The molecular weight excluding hydrogens is 473 g/mol. The van der Waals surface area contributed by atoms with Gasteiger partial charge in [0.05, 0.1) is 0 Å². The number of benzene rings is 1. The highest BCUT2D eigenvalue weighted by Crippen LogP contribution is 2.10. The molecular formula is C18H22ClF2IN4. The van der Waals surface area contributed by atoms with Gasteiger partial charge in [0.25, 0.3) is 0 Å². The normalized spacial score (nSPS) is 11.0. The third-order valence-electron chi connectivity index (χ3n) is 3.51. The molecule has 142 valence electrons. The van der Waals surface area contributed by atoms with E-state index in [1.807, 2.05) is 13.0 Å². The summed E-state index contributed by atoms with van der Waals surface area (Å²) in [5.41, 5.74) is 1.52. The van der Waals surface area contributed by atoms with Crippen LogP contribution in [0.25, 0.3) is 0 Å². The Labute approximate surface area is 174 Å². The molecule has 2 rings (SSSR count). The number of pyridine rings is 1. The molecule has 2 aromatic rings. The zero-order valence-corrected chi connectivity index (χ0v) is 17.5. The van der Waals surface area contributed by atoms with E-state index in [0.717, 1.165) is 24.6 Å². The van der Waals surface area contributed by atoms with E-state index in [2.05, 4.69) is 20.6 Å². The molecule has 0 spiro atoms. The Morgan fingerprint density at radius 1 is 1.15 bits per heavy atom. The van der Waals surface area contributed by atoms with Crippen molar-refractivity contribution < 1.29 is 8.78 Å². The number of aliphatic imine (C=N–C) groups is 1. The molecule has 0 saturated heterocycles. The van der Waals surface area contributed by atoms with Gasteiger partial charge in [-0.15, -0.1) is 24.0 Å². The molecule has 0 saturated carbocycles. The molecule has 26 heavy (non-hydrogen) atoms. The maximum atomic E-state index is 13.6. The summed E-state index contributed by atoms with van der Waals surface area (Å²) in [4.78, 5) is 8.46. The van der Waals surface area contributed by atoms with Crippen LogP contribution in [0.5, 0.6) is 0 Å². The quantitative estimate of drug-likeness (QED) is 0.265. The SMILES string of the molecule is CCNC(=NCCc1ccc(F)cc1F)NCCc1ccc(Cl)nc1.I. The van der Waals surface area contributed by atoms with Crippen molar-refractivity contribution in [1.82, 2.24) is 15.6 Å². The highest BCUT2D eigenvalue weighted by atomic mass is 127. The fourth-order valence-electron chi connectivity index (χ4n) is 2.23. The lowest BCUT2D eigenvalue weighted by Gasteiger charge is -2.11. The first-order chi connectivity index (χ1) is 12.1. The van der Waals surface area contributed by atoms with E-state index in [4.69, 9.17) is 11.6 Å². The largest absolute Gasteiger partial charge is 0.357 e. The van der Waals surface area contributed by atoms with E-state index in [9.17, 15) is 8.78 Å². The van der Waals surface area contributed by atoms with Crippen LogP contribution in [0.3, 0.4) is 0 Å². The van der Waals surface area contributed by atoms with Gasteiger partial charge in [0.1, 0.15) is 16.8 Å². The Morgan fingerprint density at radius 3 is 2.62 bits per heavy atom. The monoisotopic (exact) mass is 494 g/mol. The van der Waals surface area contributed by atoms with Crippen molar-refractivity contribution in [2.45, 2.75) is 19.8 Å². The van der Waals surface area contributed by atoms with Gasteiger partial charge in [-0.1, -0.05) is 23.7 Å². The van der Waals surface area contributed by atoms with Gasteiger partial charge in [0, 0.05) is 31.9 Å². The van der Waals surface area contributed by atoms with E-state index >= 15 is 0 Å². The maximum Gasteiger partial charge on any atom is 0.191 e. The van der Waals surface area contributed by atoms with Gasteiger partial charge in [-0.2, -0.15) is 0 Å². The molecule has 1 aromatic carbocycles. The highest BCUT2D eigenvalue weighted by molar-refractivity contribution is 14.0. The molecule has 1 aromatic heterocycles. The second-order valence-electron chi connectivity index (χ2n) is 5.41. The Balaban J connectivity index is 0.00000338. The Morgan fingerprint density at radius 2 is 1.96 bits per heavy atom. The van der Waals surface area contributed by atoms with Crippen LogP contribution in [-0.4, -0.2) is 30.6 Å². The van der Waals surface area contributed by atoms with E-state index in [1.54, 1.807) is 12.3 Å². The fraction of sp³-hybridized carbons (Fsp3) is 0.333. The van der Waals surface area contributed by atoms with Gasteiger partial charge in [0.2, 0.25) is 0 Å². The van der Waals surface area contributed by atoms with Crippen molar-refractivity contribution >= 4 is 41.5 Å². The second kappa shape index (κ2) is 12.0. The van der Waals surface area contributed by atoms with E-state index in [0.29, 0.717) is 36.2 Å². The van der Waals surface area contributed by atoms with Gasteiger partial charge < -0.3 is 10.6 Å². The standard InChI is InChI=1S/C18H21ClF2N4.HI/c1-2-22-18(23-9-7-13-3-6-17(19)25-12-13)24-10-8-14-4-5-15(20)11-16(14)21;/h3-6,11-12H,2,7-10H2,1H3,(H2,22,23,24);1H. The molecule has 0 amide bonds. The van der Waals surface area contributed by atoms with Crippen molar-refractivity contribution in [3.8, 4) is 0 Å². The zero-order valence-electron chi connectivity index (χ0n) is 14.4. The third kappa shape index (κ3) is 7.82. The number of halogens is 4. The van der Waals surface area contributed by atoms with Crippen LogP contribution in [0.1, 0.15) is 18.1 Å². The number of hydrogen-bond acceptors (Lipinski definition) is 2. The van der Waals surface area contributed by atoms with Crippen molar-refractivity contribution in [3.63, 3.8) is 0 Å². The fourth-order valence-corrected chi connectivity index (χ4v) is 2.35. The number of guanidine groups is 1. The van der Waals surface area contributed by atoms with Gasteiger partial charge in [-0.3, -0.25) is 4.99 Å². The zero-order chi connectivity index (χ0) is 18.1. The number of hydrogen-bond donors (Lipinski definition) is 2. The van der Waals surface area contributed by atoms with Crippen LogP contribution < -0.4 is 10.6 Å². The van der Waals surface area contributed by atoms with Crippen molar-refractivity contribution in [2.75, 3.05) is 19.6 Å². The average molecular weight is 495 g/mol. The Hall–Kier alpha value is -1.48. The molecule has 4 nitrogen and oxygen atoms in total. The molecule has 2 N–H and O–H groups in total. The van der Waals surface area contributed by atoms with Crippen LogP contribution in [0.15, 0.2) is 41.5 Å². The molecule has 0 aliphatic carbocycles. The van der Waals surface area contributed by atoms with Gasteiger partial charge in [-0.25, -0.2) is 13.8 Å². The molecule has 0 unspecified atom stereocenters. The highest BCUT2D eigenvalue weighted by Gasteiger charge is 2.04. The number of nitrogens with one attached hydrogen (secondary N) is 2. The molecule has 0 fully saturated rings. The van der Waals surface area contributed by atoms with Crippen LogP contribution in [0, 0.1) is 11.6 Å². The van der Waals surface area contributed by atoms with Gasteiger partial charge in [0.15, 0.2) is 5.96 Å². The lowest BCUT2D eigenvalue weighted by Crippen LogP contribution is -2.38. The summed E-state index contributed by atoms with van der Waals surface area (Å²) in [6.07, 6.45) is 2.93. The van der Waals surface area contributed by atoms with Crippen molar-refractivity contribution in [3.05, 3.63) is 64.4 Å². The molecule has 0 atom stereocenters. The summed E-state index contributed by atoms with van der Waals surface area (Å²) in [5, 5.41) is 6.83. The summed E-state index contributed by atoms with van der Waals surface area (Å²) in [6.45, 7) is 3.78. The lowest BCUT2D eigenvalue weighted by atomic mass is 10.1. The Bertz CT molecular complexity index is 711. The maximum absolute atomic E-state index is 13.6. The minimum Gasteiger partial charge on any atom is -0.357 e. The summed E-state index contributed by atoms with van der Waals surface area (Å²) >= 11 is 5.76. The first-order valence-corrected chi connectivity index (χ1v) is 8.53. The minimum absolute atomic E-state index is 0. The van der Waals surface area contributed by atoms with Crippen LogP contribution in [0.4, 0.5) is 8.78 Å². The summed E-state index contributed by atoms with van der Waals surface area (Å²) in [5.74, 6) is -0.452. The van der Waals surface area contributed by atoms with Gasteiger partial charge in [-0.05, 0) is 43.0 Å². The predicted molar refractivity (Wildman–Crippen MR) is 112 cm³/mol. The van der Waals surface area contributed by atoms with Crippen LogP contribution in [0.2, 0.25) is 5.15 Å². The smallest absolute Gasteiger partial charge is 0.191 e. The topological polar surface area (TPSA) is 49.3 Å². The summed E-state index contributed by atoms with van der Waals surface area (Å²) < 4.78 is 26.5. The number of aromatic nitrogens is 1. The second-order valence-corrected chi connectivity index (χ2v) is 5.80. The van der Waals surface area contributed by atoms with E-state index in [1.165, 1.54) is 12.1 Å². The molecule has 1 heterocycles. The first kappa shape index (κ1) is 22.6. The van der Waals surface area contributed by atoms with Crippen LogP contribution >= 0.6 is 35.6 Å². The predicted octanol–water partition coefficient (Wildman–Crippen LogP) is 3.97. The number of rotatable bonds is 7. The average Bonchev–Trinajstić information content (AvgIpc) is 2.58. The van der Waals surface area contributed by atoms with Gasteiger partial charge >= 0.3 is 0 Å². The summed E-state index contributed by atoms with van der Waals surface area (Å²) in [7, 11) is 0. The molecule has 8 heteroatoms. The number of nitrogens with zero attached hydrogens (tertiary/aromatic N) is 2. The van der Waals surface area contributed by atoms with E-state index < -0.39 is 11.6 Å². The Kier molecular flexibility index (Phi) is 10.4. The van der Waals surface area contributed by atoms with Crippen molar-refractivity contribution in [1.29, 1.82) is 0 Å². The molecule has 0 aliphatic rings. The van der Waals surface area contributed by atoms with Crippen LogP contribution in [-0.2, 0) is 12.8 Å². The molecule has 0 aliphatic heterocycles. The summed E-state index contributed by atoms with van der Waals surface area (Å²) in [6, 6.07) is 7.29.